The summed E-state index contributed by atoms with van der Waals surface area (Å²) in [5, 5.41) is 5.12. The second-order valence-electron chi connectivity index (χ2n) is 11.6. The molecule has 46 heavy (non-hydrogen) atoms. The summed E-state index contributed by atoms with van der Waals surface area (Å²) in [6.07, 6.45) is 5.48. The normalized spacial score (nSPS) is 14.3. The molecular weight excluding hydrogens is 584 g/mol. The van der Waals surface area contributed by atoms with Crippen molar-refractivity contribution in [2.45, 2.75) is 38.1 Å². The van der Waals surface area contributed by atoms with Gasteiger partial charge in [0.15, 0.2) is 0 Å². The van der Waals surface area contributed by atoms with Crippen LogP contribution in [0, 0.1) is 11.8 Å². The number of hydrogen-bond acceptors (Lipinski definition) is 7. The van der Waals surface area contributed by atoms with Gasteiger partial charge in [-0.3, -0.25) is 9.59 Å². The number of amides is 3. The molecule has 1 fully saturated rings. The maximum Gasteiger partial charge on any atom is 0.407 e. The Morgan fingerprint density at radius 3 is 2.61 bits per heavy atom. The predicted octanol–water partition coefficient (Wildman–Crippen LogP) is 3.37. The van der Waals surface area contributed by atoms with Crippen LogP contribution < -0.4 is 10.6 Å². The fraction of sp³-hybridized carbons (Fsp3) is 0.382. The number of nitrogens with zero attached hydrogens (tertiary/aromatic N) is 4. The molecule has 12 nitrogen and oxygen atoms in total. The summed E-state index contributed by atoms with van der Waals surface area (Å²) < 4.78 is 4.44. The number of aromatic nitrogens is 4. The zero-order valence-corrected chi connectivity index (χ0v) is 26.5. The minimum atomic E-state index is -0.633. The number of rotatable bonds is 11. The van der Waals surface area contributed by atoms with Crippen LogP contribution in [-0.2, 0) is 20.7 Å². The molecule has 0 spiro atoms. The number of alkyl carbamates (subject to hydrolysis) is 1. The Labute approximate surface area is 268 Å². The summed E-state index contributed by atoms with van der Waals surface area (Å²) in [7, 11) is 5.07. The molecule has 1 saturated heterocycles. The molecule has 4 aromatic rings. The Morgan fingerprint density at radius 2 is 1.83 bits per heavy atom. The Bertz CT molecular complexity index is 1730. The van der Waals surface area contributed by atoms with Gasteiger partial charge < -0.3 is 35.1 Å². The summed E-state index contributed by atoms with van der Waals surface area (Å²) >= 11 is 0. The van der Waals surface area contributed by atoms with E-state index in [0.717, 1.165) is 83.7 Å². The van der Waals surface area contributed by atoms with Crippen molar-refractivity contribution in [3.05, 3.63) is 71.4 Å². The summed E-state index contributed by atoms with van der Waals surface area (Å²) in [5.74, 6) is 8.09. The van der Waals surface area contributed by atoms with Gasteiger partial charge in [0.05, 0.1) is 49.2 Å². The number of methoxy groups -OCH3 is 1. The van der Waals surface area contributed by atoms with Crippen LogP contribution in [0.4, 0.5) is 4.79 Å². The van der Waals surface area contributed by atoms with E-state index in [1.54, 1.807) is 0 Å². The lowest BCUT2D eigenvalue weighted by molar-refractivity contribution is -0.132. The van der Waals surface area contributed by atoms with Gasteiger partial charge in [0, 0.05) is 30.6 Å². The first-order valence-electron chi connectivity index (χ1n) is 15.5. The van der Waals surface area contributed by atoms with Gasteiger partial charge in [0.25, 0.3) is 0 Å². The largest absolute Gasteiger partial charge is 0.453 e. The highest BCUT2D eigenvalue weighted by Crippen LogP contribution is 2.31. The van der Waals surface area contributed by atoms with E-state index in [0.29, 0.717) is 13.1 Å². The van der Waals surface area contributed by atoms with Crippen molar-refractivity contribution >= 4 is 28.9 Å². The number of likely N-dealkylation sites (tertiary alicyclic amines) is 1. The summed E-state index contributed by atoms with van der Waals surface area (Å²) in [5.41, 5.74) is 5.53. The summed E-state index contributed by atoms with van der Waals surface area (Å²) in [6.45, 7) is 1.57. The lowest BCUT2D eigenvalue weighted by Crippen LogP contribution is -2.37. The number of carbonyl (C=O) groups excluding carboxylic acids is 3. The third-order valence-corrected chi connectivity index (χ3v) is 7.75. The predicted molar refractivity (Wildman–Crippen MR) is 175 cm³/mol. The zero-order chi connectivity index (χ0) is 32.5. The molecule has 240 valence electrons. The minimum absolute atomic E-state index is 0.0156. The van der Waals surface area contributed by atoms with E-state index >= 15 is 0 Å². The number of H-pyrrole nitrogens is 2. The van der Waals surface area contributed by atoms with Crippen molar-refractivity contribution in [1.29, 1.82) is 0 Å². The number of fused-ring (bicyclic) bond motifs is 1. The number of nitrogens with one attached hydrogen (secondary N) is 4. The van der Waals surface area contributed by atoms with E-state index in [9.17, 15) is 14.4 Å². The Morgan fingerprint density at radius 1 is 1.04 bits per heavy atom. The SMILES string of the molecule is COC(=O)NCC(=O)NCCCCc1nc2ccc(C#Cc3ccc(-c4cnc(C5CCCN5C(=O)CN(C)C)[nH]4)cc3)cc2[nH]1. The van der Waals surface area contributed by atoms with Gasteiger partial charge in [-0.05, 0) is 75.7 Å². The first-order valence-corrected chi connectivity index (χ1v) is 15.5. The van der Waals surface area contributed by atoms with E-state index in [4.69, 9.17) is 0 Å². The molecule has 2 aromatic carbocycles. The summed E-state index contributed by atoms with van der Waals surface area (Å²) in [4.78, 5) is 55.4. The van der Waals surface area contributed by atoms with Crippen LogP contribution in [-0.4, -0.2) is 95.0 Å². The lowest BCUT2D eigenvalue weighted by Gasteiger charge is -2.24. The van der Waals surface area contributed by atoms with Gasteiger partial charge >= 0.3 is 6.09 Å². The molecule has 1 unspecified atom stereocenters. The van der Waals surface area contributed by atoms with Crippen LogP contribution in [0.1, 0.15) is 54.5 Å². The average molecular weight is 625 g/mol. The number of carbonyl (C=O) groups is 3. The average Bonchev–Trinajstić information content (AvgIpc) is 3.82. The summed E-state index contributed by atoms with van der Waals surface area (Å²) in [6, 6.07) is 14.0. The molecule has 1 aliphatic heterocycles. The smallest absolute Gasteiger partial charge is 0.407 e. The monoisotopic (exact) mass is 624 g/mol. The molecule has 3 heterocycles. The zero-order valence-electron chi connectivity index (χ0n) is 26.5. The fourth-order valence-corrected chi connectivity index (χ4v) is 5.43. The van der Waals surface area contributed by atoms with Gasteiger partial charge in [-0.2, -0.15) is 0 Å². The maximum absolute atomic E-state index is 12.7. The molecule has 12 heteroatoms. The van der Waals surface area contributed by atoms with Crippen molar-refractivity contribution in [3.63, 3.8) is 0 Å². The van der Waals surface area contributed by atoms with Gasteiger partial charge in [-0.15, -0.1) is 0 Å². The van der Waals surface area contributed by atoms with E-state index in [2.05, 4.69) is 47.1 Å². The van der Waals surface area contributed by atoms with Gasteiger partial charge in [0.1, 0.15) is 11.6 Å². The third-order valence-electron chi connectivity index (χ3n) is 7.75. The molecular formula is C34H40N8O4. The lowest BCUT2D eigenvalue weighted by atomic mass is 10.1. The molecule has 0 aliphatic carbocycles. The Kier molecular flexibility index (Phi) is 10.7. The second-order valence-corrected chi connectivity index (χ2v) is 11.6. The van der Waals surface area contributed by atoms with E-state index in [1.165, 1.54) is 7.11 Å². The number of aryl methyl sites for hydroxylation is 1. The van der Waals surface area contributed by atoms with Crippen molar-refractivity contribution in [2.24, 2.45) is 0 Å². The number of likely N-dealkylation sites (N-methyl/N-ethyl adjacent to an activating group) is 1. The molecule has 3 amide bonds. The number of ether oxygens (including phenoxy) is 1. The van der Waals surface area contributed by atoms with Crippen molar-refractivity contribution in [3.8, 4) is 23.1 Å². The standard InChI is InChI=1S/C34H40N8O4/c1-41(2)22-32(44)42-18-6-7-29(42)33-36-20-28(40-33)25-14-11-23(12-15-25)9-10-24-13-16-26-27(19-24)39-30(38-26)8-4-5-17-35-31(43)21-37-34(45)46-3/h11-16,19-20,29H,4-8,17-18,21-22H2,1-3H3,(H,35,43)(H,36,40)(H,37,45)(H,38,39). The highest BCUT2D eigenvalue weighted by Gasteiger charge is 2.32. The highest BCUT2D eigenvalue weighted by molar-refractivity contribution is 5.82. The third kappa shape index (κ3) is 8.51. The van der Waals surface area contributed by atoms with Gasteiger partial charge in [-0.1, -0.05) is 24.0 Å². The minimum Gasteiger partial charge on any atom is -0.453 e. The van der Waals surface area contributed by atoms with E-state index in [1.807, 2.05) is 72.6 Å². The molecule has 5 rings (SSSR count). The van der Waals surface area contributed by atoms with Gasteiger partial charge in [-0.25, -0.2) is 14.8 Å². The Balaban J connectivity index is 1.13. The van der Waals surface area contributed by atoms with Gasteiger partial charge in [0.2, 0.25) is 11.8 Å². The number of aromatic amines is 2. The molecule has 0 bridgehead atoms. The molecule has 0 saturated carbocycles. The van der Waals surface area contributed by atoms with Crippen molar-refractivity contribution in [1.82, 2.24) is 40.4 Å². The quantitative estimate of drug-likeness (QED) is 0.148. The van der Waals surface area contributed by atoms with Crippen LogP contribution in [0.25, 0.3) is 22.3 Å². The van der Waals surface area contributed by atoms with Crippen LogP contribution in [0.3, 0.4) is 0 Å². The molecule has 2 aromatic heterocycles. The number of imidazole rings is 2. The van der Waals surface area contributed by atoms with E-state index < -0.39 is 6.09 Å². The Hall–Kier alpha value is -5.15. The second kappa shape index (κ2) is 15.2. The topological polar surface area (TPSA) is 148 Å². The first-order chi connectivity index (χ1) is 22.3. The highest BCUT2D eigenvalue weighted by atomic mass is 16.5. The molecule has 1 atom stereocenters. The molecule has 4 N–H and O–H groups in total. The maximum atomic E-state index is 12.7. The van der Waals surface area contributed by atoms with Crippen LogP contribution >= 0.6 is 0 Å². The number of unbranched alkanes of at least 4 members (excludes halogenated alkanes) is 1. The van der Waals surface area contributed by atoms with Crippen LogP contribution in [0.2, 0.25) is 0 Å². The number of hydrogen-bond donors (Lipinski definition) is 4. The fourth-order valence-electron chi connectivity index (χ4n) is 5.43. The number of benzene rings is 2. The van der Waals surface area contributed by atoms with Crippen molar-refractivity contribution in [2.75, 3.05) is 47.4 Å². The molecule has 1 aliphatic rings. The van der Waals surface area contributed by atoms with Crippen molar-refractivity contribution < 1.29 is 19.1 Å². The first kappa shape index (κ1) is 32.2. The molecule has 0 radical (unpaired) electrons. The van der Waals surface area contributed by atoms with Crippen LogP contribution in [0.5, 0.6) is 0 Å². The van der Waals surface area contributed by atoms with Crippen LogP contribution in [0.15, 0.2) is 48.7 Å². The van der Waals surface area contributed by atoms with E-state index in [-0.39, 0.29) is 24.4 Å².